The van der Waals surface area contributed by atoms with Crippen LogP contribution in [0.25, 0.3) is 11.1 Å². The van der Waals surface area contributed by atoms with E-state index in [1.54, 1.807) is 6.07 Å². The van der Waals surface area contributed by atoms with Crippen molar-refractivity contribution in [2.24, 2.45) is 0 Å². The fraction of sp³-hybridized carbons (Fsp3) is 0.160. The second-order valence-corrected chi connectivity index (χ2v) is 7.01. The van der Waals surface area contributed by atoms with Crippen LogP contribution in [0.1, 0.15) is 12.0 Å². The lowest BCUT2D eigenvalue weighted by atomic mass is 10.1. The topological polar surface area (TPSA) is 96.5 Å². The maximum Gasteiger partial charge on any atom is 0.276 e. The lowest BCUT2D eigenvalue weighted by Gasteiger charge is -2.12. The summed E-state index contributed by atoms with van der Waals surface area (Å²) in [5.74, 6) is -0.503. The van der Waals surface area contributed by atoms with Gasteiger partial charge in [-0.2, -0.15) is 0 Å². The minimum absolute atomic E-state index is 0.0402. The summed E-state index contributed by atoms with van der Waals surface area (Å²) in [4.78, 5) is 35.8. The van der Waals surface area contributed by atoms with E-state index in [1.165, 1.54) is 0 Å². The number of benzene rings is 3. The molecule has 3 aromatic carbocycles. The van der Waals surface area contributed by atoms with Crippen LogP contribution < -0.4 is 20.9 Å². The Balaban J connectivity index is 1.36. The Bertz CT molecular complexity index is 1040. The Morgan fingerprint density at radius 3 is 2.06 bits per heavy atom. The van der Waals surface area contributed by atoms with Crippen molar-refractivity contribution in [1.82, 2.24) is 16.2 Å². The number of carbonyl (C=O) groups excluding carboxylic acids is 3. The quantitative estimate of drug-likeness (QED) is 0.454. The minimum atomic E-state index is -0.491. The standard InChI is InChI=1S/C25H25N3O4/c29-23(15-16-26-24(30)17-19-9-3-1-4-10-19)27-28-25(31)18-32-22-14-8-7-13-21(22)20-11-5-2-6-12-20/h1-14H,15-18H2,(H,26,30)(H,27,29)(H,28,31). The van der Waals surface area contributed by atoms with E-state index < -0.39 is 11.8 Å². The molecule has 0 aliphatic carbocycles. The van der Waals surface area contributed by atoms with Crippen molar-refractivity contribution >= 4 is 17.7 Å². The van der Waals surface area contributed by atoms with Gasteiger partial charge in [0, 0.05) is 18.5 Å². The number of nitrogens with one attached hydrogen (secondary N) is 3. The molecule has 0 aliphatic heterocycles. The molecule has 3 amide bonds. The van der Waals surface area contributed by atoms with Gasteiger partial charge in [0.2, 0.25) is 11.8 Å². The van der Waals surface area contributed by atoms with E-state index in [0.29, 0.717) is 5.75 Å². The Labute approximate surface area is 186 Å². The van der Waals surface area contributed by atoms with Gasteiger partial charge in [-0.05, 0) is 17.2 Å². The Hall–Kier alpha value is -4.13. The van der Waals surface area contributed by atoms with Crippen molar-refractivity contribution in [2.45, 2.75) is 12.8 Å². The molecule has 3 rings (SSSR count). The van der Waals surface area contributed by atoms with E-state index in [1.807, 2.05) is 78.9 Å². The summed E-state index contributed by atoms with van der Waals surface area (Å²) < 4.78 is 5.63. The van der Waals surface area contributed by atoms with E-state index in [0.717, 1.165) is 16.7 Å². The maximum absolute atomic E-state index is 12.0. The van der Waals surface area contributed by atoms with E-state index in [2.05, 4.69) is 16.2 Å². The lowest BCUT2D eigenvalue weighted by molar-refractivity contribution is -0.130. The van der Waals surface area contributed by atoms with Crippen LogP contribution in [0.5, 0.6) is 5.75 Å². The molecule has 0 bridgehead atoms. The predicted molar refractivity (Wildman–Crippen MR) is 121 cm³/mol. The molecule has 0 saturated carbocycles. The average molecular weight is 431 g/mol. The van der Waals surface area contributed by atoms with Gasteiger partial charge in [-0.25, -0.2) is 0 Å². The van der Waals surface area contributed by atoms with Crippen LogP contribution in [-0.4, -0.2) is 30.9 Å². The largest absolute Gasteiger partial charge is 0.483 e. The number of ether oxygens (including phenoxy) is 1. The van der Waals surface area contributed by atoms with Crippen molar-refractivity contribution in [3.05, 3.63) is 90.5 Å². The molecule has 0 aromatic heterocycles. The molecule has 3 N–H and O–H groups in total. The number of rotatable bonds is 9. The van der Waals surface area contributed by atoms with Crippen LogP contribution in [0, 0.1) is 0 Å². The fourth-order valence-electron chi connectivity index (χ4n) is 2.99. The number of hydrazine groups is 1. The normalized spacial score (nSPS) is 10.1. The zero-order chi connectivity index (χ0) is 22.6. The fourth-order valence-corrected chi connectivity index (χ4v) is 2.99. The first kappa shape index (κ1) is 22.6. The first-order valence-corrected chi connectivity index (χ1v) is 10.3. The second kappa shape index (κ2) is 11.9. The molecule has 0 spiro atoms. The molecule has 3 aromatic rings. The third-order valence-electron chi connectivity index (χ3n) is 4.55. The molecule has 32 heavy (non-hydrogen) atoms. The highest BCUT2D eigenvalue weighted by atomic mass is 16.5. The molecular formula is C25H25N3O4. The van der Waals surface area contributed by atoms with Crippen LogP contribution in [0.3, 0.4) is 0 Å². The molecule has 0 heterocycles. The van der Waals surface area contributed by atoms with Crippen LogP contribution in [0.15, 0.2) is 84.9 Å². The number of amides is 3. The van der Waals surface area contributed by atoms with E-state index >= 15 is 0 Å². The van der Waals surface area contributed by atoms with Crippen molar-refractivity contribution in [3.8, 4) is 16.9 Å². The van der Waals surface area contributed by atoms with Crippen LogP contribution in [0.2, 0.25) is 0 Å². The van der Waals surface area contributed by atoms with Gasteiger partial charge in [-0.3, -0.25) is 25.2 Å². The first-order chi connectivity index (χ1) is 15.6. The number of carbonyl (C=O) groups is 3. The van der Waals surface area contributed by atoms with Crippen LogP contribution in [0.4, 0.5) is 0 Å². The van der Waals surface area contributed by atoms with Gasteiger partial charge >= 0.3 is 0 Å². The third-order valence-corrected chi connectivity index (χ3v) is 4.55. The Morgan fingerprint density at radius 2 is 1.31 bits per heavy atom. The molecule has 7 nitrogen and oxygen atoms in total. The second-order valence-electron chi connectivity index (χ2n) is 7.01. The average Bonchev–Trinajstić information content (AvgIpc) is 2.83. The van der Waals surface area contributed by atoms with Gasteiger partial charge in [0.05, 0.1) is 6.42 Å². The Kier molecular flexibility index (Phi) is 8.39. The van der Waals surface area contributed by atoms with Crippen molar-refractivity contribution in [3.63, 3.8) is 0 Å². The van der Waals surface area contributed by atoms with E-state index in [-0.39, 0.29) is 31.9 Å². The third kappa shape index (κ3) is 7.28. The van der Waals surface area contributed by atoms with Crippen molar-refractivity contribution in [2.75, 3.05) is 13.2 Å². The maximum atomic E-state index is 12.0. The molecule has 164 valence electrons. The first-order valence-electron chi connectivity index (χ1n) is 10.3. The highest BCUT2D eigenvalue weighted by Crippen LogP contribution is 2.29. The van der Waals surface area contributed by atoms with E-state index in [4.69, 9.17) is 4.74 Å². The number of hydrogen-bond acceptors (Lipinski definition) is 4. The summed E-state index contributed by atoms with van der Waals surface area (Å²) in [7, 11) is 0. The van der Waals surface area contributed by atoms with Crippen LogP contribution >= 0.6 is 0 Å². The highest BCUT2D eigenvalue weighted by Gasteiger charge is 2.10. The zero-order valence-electron chi connectivity index (χ0n) is 17.5. The molecule has 0 radical (unpaired) electrons. The number of para-hydroxylation sites is 1. The van der Waals surface area contributed by atoms with Crippen molar-refractivity contribution < 1.29 is 19.1 Å². The minimum Gasteiger partial charge on any atom is -0.483 e. The molecule has 7 heteroatoms. The van der Waals surface area contributed by atoms with Gasteiger partial charge in [0.25, 0.3) is 5.91 Å². The summed E-state index contributed by atoms with van der Waals surface area (Å²) >= 11 is 0. The van der Waals surface area contributed by atoms with E-state index in [9.17, 15) is 14.4 Å². The molecule has 0 aliphatic rings. The van der Waals surface area contributed by atoms with Gasteiger partial charge in [0.1, 0.15) is 5.75 Å². The molecule has 0 saturated heterocycles. The molecule has 0 unspecified atom stereocenters. The van der Waals surface area contributed by atoms with Gasteiger partial charge in [-0.15, -0.1) is 0 Å². The Morgan fingerprint density at radius 1 is 0.688 bits per heavy atom. The van der Waals surface area contributed by atoms with Gasteiger partial charge in [-0.1, -0.05) is 78.9 Å². The summed E-state index contributed by atoms with van der Waals surface area (Å²) in [6.45, 7) is -0.0771. The van der Waals surface area contributed by atoms with Gasteiger partial charge < -0.3 is 10.1 Å². The van der Waals surface area contributed by atoms with Crippen LogP contribution in [-0.2, 0) is 20.8 Å². The molecule has 0 fully saturated rings. The monoisotopic (exact) mass is 431 g/mol. The summed E-state index contributed by atoms with van der Waals surface area (Å²) in [6, 6.07) is 26.5. The smallest absolute Gasteiger partial charge is 0.276 e. The highest BCUT2D eigenvalue weighted by molar-refractivity contribution is 5.84. The van der Waals surface area contributed by atoms with Crippen molar-refractivity contribution in [1.29, 1.82) is 0 Å². The summed E-state index contributed by atoms with van der Waals surface area (Å²) in [5, 5.41) is 2.68. The zero-order valence-corrected chi connectivity index (χ0v) is 17.5. The van der Waals surface area contributed by atoms with Gasteiger partial charge in [0.15, 0.2) is 6.61 Å². The SMILES string of the molecule is O=C(Cc1ccccc1)NCCC(=O)NNC(=O)COc1ccccc1-c1ccccc1. The molecule has 0 atom stereocenters. The predicted octanol–water partition coefficient (Wildman–Crippen LogP) is 2.63. The lowest BCUT2D eigenvalue weighted by Crippen LogP contribution is -2.44. The summed E-state index contributed by atoms with van der Waals surface area (Å²) in [5.41, 5.74) is 7.38. The summed E-state index contributed by atoms with van der Waals surface area (Å²) in [6.07, 6.45) is 0.291. The molecular weight excluding hydrogens is 406 g/mol. The number of hydrogen-bond donors (Lipinski definition) is 3.